The predicted octanol–water partition coefficient (Wildman–Crippen LogP) is 2.10. The molecule has 2 aromatic heterocycles. The fourth-order valence-electron chi connectivity index (χ4n) is 2.50. The molecule has 0 radical (unpaired) electrons. The van der Waals surface area contributed by atoms with Crippen LogP contribution in [0.2, 0.25) is 0 Å². The molecule has 0 atom stereocenters. The minimum absolute atomic E-state index is 0. The van der Waals surface area contributed by atoms with Gasteiger partial charge in [-0.25, -0.2) is 9.97 Å². The van der Waals surface area contributed by atoms with E-state index in [0.29, 0.717) is 11.1 Å². The summed E-state index contributed by atoms with van der Waals surface area (Å²) >= 11 is 0. The third-order valence-corrected chi connectivity index (χ3v) is 3.77. The van der Waals surface area contributed by atoms with E-state index in [-0.39, 0.29) is 21.6 Å². The van der Waals surface area contributed by atoms with Crippen LogP contribution < -0.4 is 20.2 Å². The van der Waals surface area contributed by atoms with Crippen molar-refractivity contribution in [1.29, 1.82) is 0 Å². The summed E-state index contributed by atoms with van der Waals surface area (Å²) in [5.74, 6) is 0.0925. The zero-order chi connectivity index (χ0) is 18.2. The summed E-state index contributed by atoms with van der Waals surface area (Å²) in [7, 11) is 0. The third-order valence-electron chi connectivity index (χ3n) is 3.77. The fourth-order valence-corrected chi connectivity index (χ4v) is 2.50. The van der Waals surface area contributed by atoms with E-state index >= 15 is 0 Å². The number of aromatic nitrogens is 2. The molecule has 2 aromatic carbocycles. The van der Waals surface area contributed by atoms with Crippen LogP contribution in [0.15, 0.2) is 97.3 Å². The molecule has 0 spiro atoms. The topological polar surface area (TPSA) is 74.4 Å². The Labute approximate surface area is 162 Å². The summed E-state index contributed by atoms with van der Waals surface area (Å²) in [6.45, 7) is 0. The van der Waals surface area contributed by atoms with Crippen molar-refractivity contribution in [1.82, 2.24) is 0 Å². The molecule has 27 heavy (non-hydrogen) atoms. The van der Waals surface area contributed by atoms with Crippen LogP contribution in [0.4, 0.5) is 0 Å². The Morgan fingerprint density at radius 3 is 1.19 bits per heavy atom. The predicted molar refractivity (Wildman–Crippen MR) is 102 cm³/mol. The van der Waals surface area contributed by atoms with Crippen molar-refractivity contribution in [3.8, 4) is 34.0 Å². The maximum atomic E-state index is 11.4. The summed E-state index contributed by atoms with van der Waals surface area (Å²) in [4.78, 5) is 6.05. The van der Waals surface area contributed by atoms with Gasteiger partial charge in [0, 0.05) is 35.4 Å². The van der Waals surface area contributed by atoms with Crippen molar-refractivity contribution >= 4 is 10.1 Å². The molecule has 0 amide bonds. The van der Waals surface area contributed by atoms with Crippen LogP contribution in [-0.2, 0) is 0 Å². The Morgan fingerprint density at radius 2 is 0.852 bits per heavy atom. The molecule has 5 heteroatoms. The van der Waals surface area contributed by atoms with Gasteiger partial charge in [-0.1, -0.05) is 47.9 Å². The van der Waals surface area contributed by atoms with Crippen molar-refractivity contribution in [2.75, 3.05) is 0 Å². The Hall–Kier alpha value is -3.49. The smallest absolute Gasteiger partial charge is 0.872 e. The number of benzene rings is 2. The monoisotopic (exact) mass is 351 g/mol. The molecular formula is C22H18BeN2O2+2. The molecule has 0 saturated carbocycles. The van der Waals surface area contributed by atoms with Crippen molar-refractivity contribution in [2.45, 2.75) is 0 Å². The first-order chi connectivity index (χ1) is 12.8. The number of rotatable bonds is 2. The van der Waals surface area contributed by atoms with E-state index < -0.39 is 0 Å². The first-order valence-electron chi connectivity index (χ1n) is 8.22. The fraction of sp³-hybridized carbons (Fsp3) is 0. The van der Waals surface area contributed by atoms with Gasteiger partial charge in [0.15, 0.2) is 12.4 Å². The van der Waals surface area contributed by atoms with E-state index in [1.54, 1.807) is 24.3 Å². The average molecular weight is 351 g/mol. The maximum Gasteiger partial charge on any atom is 2.00 e. The number of aromatic amines is 2. The maximum absolute atomic E-state index is 11.4. The van der Waals surface area contributed by atoms with Crippen molar-refractivity contribution < 1.29 is 20.2 Å². The number of nitrogens with one attached hydrogen (secondary N) is 2. The third kappa shape index (κ3) is 5.24. The van der Waals surface area contributed by atoms with E-state index in [1.165, 1.54) is 0 Å². The van der Waals surface area contributed by atoms with Crippen LogP contribution in [0.5, 0.6) is 11.5 Å². The van der Waals surface area contributed by atoms with Crippen LogP contribution in [0.1, 0.15) is 0 Å². The second kappa shape index (κ2) is 9.85. The van der Waals surface area contributed by atoms with E-state index in [0.717, 1.165) is 11.4 Å². The van der Waals surface area contributed by atoms with Gasteiger partial charge in [0.1, 0.15) is 0 Å². The zero-order valence-corrected chi connectivity index (χ0v) is 14.8. The van der Waals surface area contributed by atoms with Crippen molar-refractivity contribution in [3.63, 3.8) is 0 Å². The Balaban J connectivity index is 0.000000187. The van der Waals surface area contributed by atoms with Gasteiger partial charge < -0.3 is 10.2 Å². The second-order valence-electron chi connectivity index (χ2n) is 5.54. The van der Waals surface area contributed by atoms with E-state index in [4.69, 9.17) is 0 Å². The Morgan fingerprint density at radius 1 is 0.481 bits per heavy atom. The van der Waals surface area contributed by atoms with Crippen LogP contribution in [0.25, 0.3) is 22.5 Å². The molecule has 2 N–H and O–H groups in total. The summed E-state index contributed by atoms with van der Waals surface area (Å²) in [5, 5.41) is 22.8. The summed E-state index contributed by atoms with van der Waals surface area (Å²) in [6, 6.07) is 25.3. The van der Waals surface area contributed by atoms with Gasteiger partial charge >= 0.3 is 10.1 Å². The Bertz CT molecular complexity index is 883. The number of H-pyrrole nitrogens is 2. The summed E-state index contributed by atoms with van der Waals surface area (Å²) in [5.41, 5.74) is 3.13. The molecule has 128 valence electrons. The number of para-hydroxylation sites is 2. The number of hydrogen-bond acceptors (Lipinski definition) is 2. The number of hydrogen-bond donors (Lipinski definition) is 0. The van der Waals surface area contributed by atoms with E-state index in [1.807, 2.05) is 73.1 Å². The molecule has 0 aliphatic heterocycles. The number of pyridine rings is 2. The summed E-state index contributed by atoms with van der Waals surface area (Å²) in [6.07, 6.45) is 3.61. The van der Waals surface area contributed by atoms with E-state index in [2.05, 4.69) is 9.97 Å². The van der Waals surface area contributed by atoms with Gasteiger partial charge in [0.2, 0.25) is 11.4 Å². The second-order valence-corrected chi connectivity index (χ2v) is 5.54. The van der Waals surface area contributed by atoms with Crippen molar-refractivity contribution in [3.05, 3.63) is 97.3 Å². The molecule has 0 unspecified atom stereocenters. The normalized spacial score (nSPS) is 9.48. The molecule has 0 fully saturated rings. The van der Waals surface area contributed by atoms with Crippen LogP contribution in [0.3, 0.4) is 0 Å². The zero-order valence-electron chi connectivity index (χ0n) is 14.8. The standard InChI is InChI=1S/2C11H9NO.Be/c2*13-11-7-2-1-5-9(11)10-6-3-4-8-12-10;/h2*1-8,13H;/q;;+2. The molecule has 0 saturated heterocycles. The van der Waals surface area contributed by atoms with E-state index in [9.17, 15) is 10.2 Å². The largest absolute Gasteiger partial charge is 2.00 e. The van der Waals surface area contributed by atoms with Crippen molar-refractivity contribution in [2.24, 2.45) is 0 Å². The minimum Gasteiger partial charge on any atom is -0.872 e. The van der Waals surface area contributed by atoms with Gasteiger partial charge in [0.25, 0.3) is 0 Å². The SMILES string of the molecule is [Be+2].[O-]c1ccccc1-c1cccc[nH+]1.[O-]c1ccccc1-c1cccc[nH+]1. The first kappa shape index (κ1) is 19.8. The van der Waals surface area contributed by atoms with Crippen LogP contribution in [-0.4, -0.2) is 10.1 Å². The van der Waals surface area contributed by atoms with Crippen LogP contribution >= 0.6 is 0 Å². The minimum atomic E-state index is 0. The van der Waals surface area contributed by atoms with Gasteiger partial charge in [-0.05, 0) is 24.3 Å². The molecule has 0 aliphatic carbocycles. The molecule has 4 rings (SSSR count). The van der Waals surface area contributed by atoms with Gasteiger partial charge in [0.05, 0.1) is 0 Å². The molecular weight excluding hydrogens is 333 g/mol. The molecule has 2 heterocycles. The molecule has 0 bridgehead atoms. The van der Waals surface area contributed by atoms with Gasteiger partial charge in [-0.3, -0.25) is 0 Å². The first-order valence-corrected chi connectivity index (χ1v) is 8.22. The quantitative estimate of drug-likeness (QED) is 0.519. The van der Waals surface area contributed by atoms with Gasteiger partial charge in [-0.2, -0.15) is 0 Å². The molecule has 4 nitrogen and oxygen atoms in total. The molecule has 4 aromatic rings. The molecule has 0 aliphatic rings. The summed E-state index contributed by atoms with van der Waals surface area (Å²) < 4.78 is 0. The average Bonchev–Trinajstić information content (AvgIpc) is 2.71. The Kier molecular flexibility index (Phi) is 7.24. The van der Waals surface area contributed by atoms with Crippen LogP contribution in [0, 0.1) is 0 Å². The van der Waals surface area contributed by atoms with Gasteiger partial charge in [-0.15, -0.1) is 0 Å².